The quantitative estimate of drug-likeness (QED) is 0.124. The van der Waals surface area contributed by atoms with Crippen LogP contribution >= 0.6 is 0 Å². The van der Waals surface area contributed by atoms with Gasteiger partial charge in [0.1, 0.15) is 34.8 Å². The van der Waals surface area contributed by atoms with Gasteiger partial charge in [-0.1, -0.05) is 27.7 Å². The van der Waals surface area contributed by atoms with E-state index in [1.54, 1.807) is 53.9 Å². The lowest BCUT2D eigenvalue weighted by molar-refractivity contribution is -0.335. The summed E-state index contributed by atoms with van der Waals surface area (Å²) in [7, 11) is 7.07. The number of nitrogens with one attached hydrogen (secondary N) is 2. The van der Waals surface area contributed by atoms with Crippen molar-refractivity contribution in [3.63, 3.8) is 0 Å². The minimum atomic E-state index is -1.84. The van der Waals surface area contributed by atoms with Crippen molar-refractivity contribution < 1.29 is 58.4 Å². The molecule has 3 saturated heterocycles. The molecular formula is C47H84N4O13. The molecule has 370 valence electrons. The van der Waals surface area contributed by atoms with E-state index in [1.807, 2.05) is 53.6 Å². The molecule has 0 saturated carbocycles. The summed E-state index contributed by atoms with van der Waals surface area (Å²) in [6.45, 7) is 20.9. The fraction of sp³-hybridized carbons (Fsp3) is 0.872. The van der Waals surface area contributed by atoms with E-state index in [0.29, 0.717) is 25.3 Å². The van der Waals surface area contributed by atoms with Gasteiger partial charge in [-0.25, -0.2) is 0 Å². The molecule has 64 heavy (non-hydrogen) atoms. The van der Waals surface area contributed by atoms with Gasteiger partial charge < -0.3 is 73.7 Å². The highest BCUT2D eigenvalue weighted by Gasteiger charge is 2.58. The average Bonchev–Trinajstić information content (AvgIpc) is 3.22. The Bertz CT molecular complexity index is 1700. The van der Waals surface area contributed by atoms with Crippen LogP contribution in [0, 0.1) is 17.8 Å². The van der Waals surface area contributed by atoms with Crippen LogP contribution in [-0.2, 0) is 40.3 Å². The van der Waals surface area contributed by atoms with Gasteiger partial charge >= 0.3 is 5.97 Å². The Morgan fingerprint density at radius 3 is 2.25 bits per heavy atom. The predicted molar refractivity (Wildman–Crippen MR) is 242 cm³/mol. The zero-order chi connectivity index (χ0) is 48.1. The monoisotopic (exact) mass is 913 g/mol. The van der Waals surface area contributed by atoms with Crippen LogP contribution < -0.4 is 20.9 Å². The molecule has 0 aliphatic carbocycles. The number of nitrogens with zero attached hydrogens (tertiary/aromatic N) is 2. The zero-order valence-electron chi connectivity index (χ0n) is 41.3. The standard InChI is InChI=1S/C47H84N4O13/c1-16-19-48-26-47(57)32(8)60-37(24-45(47,10)58-15)63-38-29(5)41(64-43-39(34(50(12)13)21-28(4)59-43)61-33-18-20-51(14)36(52)22-33)44(9,55)23-27(3)25-49-31(7)40(53)46(11,56)35(17-2)62-42(54)30(38)6/h18,20,22,27-32,34-35,37-41,43,48-49,53,55-57H,16-17,19,21,23-26H2,1-15H3/t27-,28-,29+,30-,31-,32+,34+,35-,37+,38+,39-,40-,41-,43+,44-,45-,46-,47+/m1/s1. The molecule has 18 atom stereocenters. The van der Waals surface area contributed by atoms with Gasteiger partial charge in [0, 0.05) is 51.3 Å². The summed E-state index contributed by atoms with van der Waals surface area (Å²) in [5.74, 6) is -2.45. The molecule has 0 unspecified atom stereocenters. The lowest BCUT2D eigenvalue weighted by atomic mass is 9.75. The van der Waals surface area contributed by atoms with Crippen molar-refractivity contribution in [3.8, 4) is 5.75 Å². The number of pyridine rings is 1. The van der Waals surface area contributed by atoms with E-state index in [0.717, 1.165) is 6.42 Å². The number of carbonyl (C=O) groups is 1. The van der Waals surface area contributed by atoms with Gasteiger partial charge in [-0.05, 0) is 113 Å². The minimum absolute atomic E-state index is 0.0738. The molecule has 0 radical (unpaired) electrons. The van der Waals surface area contributed by atoms with Crippen molar-refractivity contribution >= 4 is 5.97 Å². The Morgan fingerprint density at radius 2 is 1.66 bits per heavy atom. The molecule has 1 aromatic rings. The third kappa shape index (κ3) is 12.2. The molecule has 4 rings (SSSR count). The summed E-state index contributed by atoms with van der Waals surface area (Å²) >= 11 is 0. The van der Waals surface area contributed by atoms with Crippen molar-refractivity contribution in [2.75, 3.05) is 40.8 Å². The number of hydrogen-bond acceptors (Lipinski definition) is 16. The fourth-order valence-corrected chi connectivity index (χ4v) is 10.1. The molecule has 1 aromatic heterocycles. The van der Waals surface area contributed by atoms with Gasteiger partial charge in [-0.3, -0.25) is 9.59 Å². The van der Waals surface area contributed by atoms with E-state index >= 15 is 0 Å². The highest BCUT2D eigenvalue weighted by atomic mass is 16.7. The second kappa shape index (κ2) is 22.2. The van der Waals surface area contributed by atoms with E-state index in [-0.39, 0.29) is 49.4 Å². The summed E-state index contributed by atoms with van der Waals surface area (Å²) in [5.41, 5.74) is -6.34. The third-order valence-electron chi connectivity index (χ3n) is 14.3. The van der Waals surface area contributed by atoms with E-state index in [4.69, 9.17) is 33.2 Å². The maximum absolute atomic E-state index is 14.6. The number of methoxy groups -OCH3 is 1. The molecule has 0 amide bonds. The lowest BCUT2D eigenvalue weighted by Crippen LogP contribution is -2.70. The minimum Gasteiger partial charge on any atom is -0.483 e. The van der Waals surface area contributed by atoms with Crippen LogP contribution in [0.25, 0.3) is 0 Å². The van der Waals surface area contributed by atoms with Crippen LogP contribution in [0.3, 0.4) is 0 Å². The predicted octanol–water partition coefficient (Wildman–Crippen LogP) is 2.71. The third-order valence-corrected chi connectivity index (χ3v) is 14.3. The molecule has 17 nitrogen and oxygen atoms in total. The largest absolute Gasteiger partial charge is 0.483 e. The average molecular weight is 913 g/mol. The number of ether oxygens (including phenoxy) is 7. The summed E-state index contributed by atoms with van der Waals surface area (Å²) in [6.07, 6.45) is -5.05. The number of cyclic esters (lactones) is 1. The van der Waals surface area contributed by atoms with Crippen molar-refractivity contribution in [1.29, 1.82) is 0 Å². The number of esters is 1. The maximum atomic E-state index is 14.6. The van der Waals surface area contributed by atoms with Crippen molar-refractivity contribution in [2.24, 2.45) is 24.8 Å². The molecule has 0 aromatic carbocycles. The summed E-state index contributed by atoms with van der Waals surface area (Å²) < 4.78 is 47.4. The van der Waals surface area contributed by atoms with Crippen LogP contribution in [0.2, 0.25) is 0 Å². The van der Waals surface area contributed by atoms with Gasteiger partial charge in [-0.2, -0.15) is 0 Å². The van der Waals surface area contributed by atoms with Crippen LogP contribution in [-0.4, -0.2) is 166 Å². The van der Waals surface area contributed by atoms with Crippen LogP contribution in [0.15, 0.2) is 23.1 Å². The highest BCUT2D eigenvalue weighted by Crippen LogP contribution is 2.43. The number of hydrogen-bond donors (Lipinski definition) is 6. The van der Waals surface area contributed by atoms with Crippen LogP contribution in [0.1, 0.15) is 108 Å². The number of likely N-dealkylation sites (N-methyl/N-ethyl adjacent to an activating group) is 1. The molecule has 17 heteroatoms. The summed E-state index contributed by atoms with van der Waals surface area (Å²) in [4.78, 5) is 29.4. The van der Waals surface area contributed by atoms with Crippen molar-refractivity contribution in [2.45, 2.75) is 198 Å². The van der Waals surface area contributed by atoms with Gasteiger partial charge in [0.2, 0.25) is 0 Å². The second-order valence-electron chi connectivity index (χ2n) is 20.1. The number of aryl methyl sites for hydroxylation is 1. The topological polar surface area (TPSA) is 212 Å². The number of carbonyl (C=O) groups excluding carboxylic acids is 1. The number of aromatic nitrogens is 1. The Morgan fingerprint density at radius 1 is 0.984 bits per heavy atom. The molecule has 3 aliphatic heterocycles. The van der Waals surface area contributed by atoms with E-state index in [9.17, 15) is 30.0 Å². The smallest absolute Gasteiger partial charge is 0.311 e. The molecule has 0 spiro atoms. The molecule has 4 heterocycles. The first kappa shape index (κ1) is 54.3. The number of rotatable bonds is 13. The molecular weight excluding hydrogens is 829 g/mol. The van der Waals surface area contributed by atoms with E-state index in [1.165, 1.54) is 24.7 Å². The fourth-order valence-electron chi connectivity index (χ4n) is 10.1. The number of aliphatic hydroxyl groups is 4. The Kier molecular flexibility index (Phi) is 18.9. The SMILES string of the molecule is CCCNC[C@]1(O)[C@H](C)O[C@@H](O[C@H]2[C@H](C)[C@@H](O[C@@H]3O[C@H](C)C[C@H](N(C)C)[C@H]3Oc3ccn(C)c(=O)c3)[C@](C)(O)C[C@@H](C)CN[C@H](C)[C@@H](O)[C@](C)(O)[C@@H](CC)OC(=O)[C@@H]2C)C[C@@]1(C)OC. The molecule has 3 fully saturated rings. The number of aliphatic hydroxyl groups excluding tert-OH is 1. The Hall–Kier alpha value is -2.26. The molecule has 6 N–H and O–H groups in total. The van der Waals surface area contributed by atoms with Crippen LogP contribution in [0.5, 0.6) is 5.75 Å². The summed E-state index contributed by atoms with van der Waals surface area (Å²) in [6, 6.07) is 2.25. The Labute approximate surface area is 381 Å². The van der Waals surface area contributed by atoms with E-state index < -0.39 is 95.5 Å². The van der Waals surface area contributed by atoms with Crippen LogP contribution in [0.4, 0.5) is 0 Å². The lowest BCUT2D eigenvalue weighted by Gasteiger charge is -2.53. The van der Waals surface area contributed by atoms with Crippen molar-refractivity contribution in [1.82, 2.24) is 20.1 Å². The zero-order valence-corrected chi connectivity index (χ0v) is 41.3. The van der Waals surface area contributed by atoms with Crippen molar-refractivity contribution in [3.05, 3.63) is 28.7 Å². The van der Waals surface area contributed by atoms with Gasteiger partial charge in [0.25, 0.3) is 5.56 Å². The normalized spacial score (nSPS) is 43.3. The highest BCUT2D eigenvalue weighted by molar-refractivity contribution is 5.73. The second-order valence-corrected chi connectivity index (χ2v) is 20.1. The van der Waals surface area contributed by atoms with Gasteiger partial charge in [-0.15, -0.1) is 0 Å². The molecule has 0 bridgehead atoms. The van der Waals surface area contributed by atoms with Gasteiger partial charge in [0.05, 0.1) is 42.0 Å². The maximum Gasteiger partial charge on any atom is 0.311 e. The molecule has 3 aliphatic rings. The van der Waals surface area contributed by atoms with Gasteiger partial charge in [0.15, 0.2) is 18.7 Å². The first-order chi connectivity index (χ1) is 29.8. The first-order valence-electron chi connectivity index (χ1n) is 23.4. The Balaban J connectivity index is 1.87. The summed E-state index contributed by atoms with van der Waals surface area (Å²) in [5, 5.41) is 55.0. The van der Waals surface area contributed by atoms with E-state index in [2.05, 4.69) is 10.6 Å². The first-order valence-corrected chi connectivity index (χ1v) is 23.4.